The van der Waals surface area contributed by atoms with E-state index >= 15 is 0 Å². The summed E-state index contributed by atoms with van der Waals surface area (Å²) in [6, 6.07) is 8.16. The molecule has 1 saturated heterocycles. The first kappa shape index (κ1) is 22.2. The summed E-state index contributed by atoms with van der Waals surface area (Å²) in [5.74, 6) is -1.41. The molecule has 0 saturated carbocycles. The van der Waals surface area contributed by atoms with Crippen molar-refractivity contribution in [1.29, 1.82) is 0 Å². The first-order valence-electron chi connectivity index (χ1n) is 11.0. The second-order valence-corrected chi connectivity index (χ2v) is 7.99. The molecule has 0 bridgehead atoms. The zero-order valence-corrected chi connectivity index (χ0v) is 18.3. The molecule has 12 nitrogen and oxygen atoms in total. The number of aliphatic hydroxyl groups is 2. The highest BCUT2D eigenvalue weighted by Crippen LogP contribution is 2.35. The zero-order valence-electron chi connectivity index (χ0n) is 19.3. The third-order valence-electron chi connectivity index (χ3n) is 5.51. The van der Waals surface area contributed by atoms with Crippen LogP contribution in [-0.4, -0.2) is 67.6 Å². The number of hydrogen-bond donors (Lipinski definition) is 5. The van der Waals surface area contributed by atoms with E-state index in [2.05, 4.69) is 9.97 Å². The number of primary amides is 1. The molecule has 180 valence electrons. The van der Waals surface area contributed by atoms with Gasteiger partial charge in [-0.1, -0.05) is 30.3 Å². The van der Waals surface area contributed by atoms with Crippen molar-refractivity contribution < 1.29 is 30.6 Å². The third kappa shape index (κ3) is 4.43. The molecular weight excluding hydrogens is 444 g/mol. The number of aryl methyl sites for hydroxylation is 1. The first-order chi connectivity index (χ1) is 16.5. The maximum Gasteiger partial charge on any atom is 0.323 e. The number of ether oxygens (including phenoxy) is 2. The summed E-state index contributed by atoms with van der Waals surface area (Å²) in [5, 5.41) is 21.4. The van der Waals surface area contributed by atoms with Crippen molar-refractivity contribution in [1.82, 2.24) is 14.5 Å². The predicted molar refractivity (Wildman–Crippen MR) is 120 cm³/mol. The Morgan fingerprint density at radius 2 is 1.97 bits per heavy atom. The molecule has 3 heterocycles. The maximum atomic E-state index is 12.4. The van der Waals surface area contributed by atoms with Gasteiger partial charge in [-0.05, 0) is 18.9 Å². The van der Waals surface area contributed by atoms with E-state index in [0.29, 0.717) is 0 Å². The van der Waals surface area contributed by atoms with Crippen LogP contribution in [0.4, 0.5) is 5.82 Å². The van der Waals surface area contributed by atoms with Crippen molar-refractivity contribution in [3.63, 3.8) is 0 Å². The Morgan fingerprint density at radius 1 is 1.26 bits per heavy atom. The number of anilines is 1. The molecule has 4 rings (SSSR count). The van der Waals surface area contributed by atoms with E-state index in [0.717, 1.165) is 16.3 Å². The van der Waals surface area contributed by atoms with Crippen LogP contribution < -0.4 is 17.2 Å². The lowest BCUT2D eigenvalue weighted by Gasteiger charge is -2.18. The Labute approximate surface area is 195 Å². The van der Waals surface area contributed by atoms with Gasteiger partial charge in [-0.25, -0.2) is 9.97 Å². The molecule has 34 heavy (non-hydrogen) atoms. The molecule has 1 fully saturated rings. The summed E-state index contributed by atoms with van der Waals surface area (Å²) >= 11 is 0. The number of carbonyl (C=O) groups is 2. The summed E-state index contributed by atoms with van der Waals surface area (Å²) in [5.41, 5.74) is 18.1. The van der Waals surface area contributed by atoms with E-state index in [-0.39, 0.29) is 34.7 Å². The van der Waals surface area contributed by atoms with Crippen LogP contribution in [-0.2, 0) is 20.7 Å². The normalized spacial score (nSPS) is 25.8. The molecule has 12 heteroatoms. The number of hydrogen-bond acceptors (Lipinski definition) is 10. The van der Waals surface area contributed by atoms with Gasteiger partial charge in [0.05, 0.1) is 12.3 Å². The van der Waals surface area contributed by atoms with Crippen molar-refractivity contribution >= 4 is 28.7 Å². The molecule has 0 radical (unpaired) electrons. The summed E-state index contributed by atoms with van der Waals surface area (Å²) in [6.07, 6.45) is -5.64. The van der Waals surface area contributed by atoms with E-state index < -0.39 is 49.0 Å². The number of aliphatic hydroxyl groups excluding tert-OH is 2. The first-order valence-corrected chi connectivity index (χ1v) is 10.5. The second kappa shape index (κ2) is 9.35. The molecule has 1 aliphatic heterocycles. The highest BCUT2D eigenvalue weighted by atomic mass is 16.6. The second-order valence-electron chi connectivity index (χ2n) is 7.99. The number of esters is 1. The van der Waals surface area contributed by atoms with Gasteiger partial charge < -0.3 is 41.5 Å². The molecule has 1 aliphatic rings. The van der Waals surface area contributed by atoms with Gasteiger partial charge in [-0.3, -0.25) is 9.59 Å². The number of benzene rings is 1. The summed E-state index contributed by atoms with van der Waals surface area (Å²) < 4.78 is 20.7. The molecule has 0 spiro atoms. The molecule has 8 N–H and O–H groups in total. The monoisotopic (exact) mass is 471 g/mol. The van der Waals surface area contributed by atoms with Crippen LogP contribution in [0.3, 0.4) is 0 Å². The Hall–Kier alpha value is -3.58. The number of nitrogens with two attached hydrogens (primary N) is 3. The van der Waals surface area contributed by atoms with Gasteiger partial charge in [0.2, 0.25) is 0 Å². The number of nitrogen functional groups attached to an aromatic ring is 1. The quantitative estimate of drug-likeness (QED) is 0.270. The molecule has 0 aliphatic carbocycles. The van der Waals surface area contributed by atoms with Crippen LogP contribution in [0.5, 0.6) is 0 Å². The summed E-state index contributed by atoms with van der Waals surface area (Å²) in [7, 11) is 0. The van der Waals surface area contributed by atoms with Crippen LogP contribution in [0, 0.1) is 6.92 Å². The molecule has 5 atom stereocenters. The molecule has 2 aromatic heterocycles. The summed E-state index contributed by atoms with van der Waals surface area (Å²) in [6.45, 7) is 1.08. The van der Waals surface area contributed by atoms with Gasteiger partial charge in [-0.15, -0.1) is 0 Å². The van der Waals surface area contributed by atoms with Gasteiger partial charge in [0.15, 0.2) is 6.20 Å². The van der Waals surface area contributed by atoms with Gasteiger partial charge in [0, 0.05) is 6.20 Å². The Balaban J connectivity index is 1.55. The molecule has 1 amide bonds. The highest BCUT2D eigenvalue weighted by molar-refractivity contribution is 6.08. The lowest BCUT2D eigenvalue weighted by atomic mass is 10.1. The minimum absolute atomic E-state index is 0.00702. The topological polar surface area (TPSA) is 202 Å². The van der Waals surface area contributed by atoms with E-state index in [4.69, 9.17) is 28.0 Å². The largest absolute Gasteiger partial charge is 0.462 e. The minimum atomic E-state index is -2.35. The highest BCUT2D eigenvalue weighted by Gasteiger charge is 2.45. The fraction of sp³-hybridized carbons (Fsp3) is 0.364. The maximum absolute atomic E-state index is 12.4. The summed E-state index contributed by atoms with van der Waals surface area (Å²) in [4.78, 5) is 32.6. The standard InChI is InChI=1S/C22H26N6O6/c1-10-26-18(24)15-12(19(25)31)8-28(20(15)27-10)21-17(30)16(29)14(34-21)9-33-22(32)13(23)7-11-5-3-2-4-6-11/h2-6,8,13-14,16-17,21,29-30H,7,9,23H2,1H3,(H2,25,31)(H2,24,26,27)/t13-,14?,16?,17?,21?/m0/s1/i21D. The molecule has 4 unspecified atom stereocenters. The van der Waals surface area contributed by atoms with Gasteiger partial charge in [-0.2, -0.15) is 0 Å². The Kier molecular flexibility index (Phi) is 6.11. The van der Waals surface area contributed by atoms with Crippen LogP contribution in [0.2, 0.25) is 0 Å². The lowest BCUT2D eigenvalue weighted by Crippen LogP contribution is -2.38. The fourth-order valence-electron chi connectivity index (χ4n) is 3.82. The third-order valence-corrected chi connectivity index (χ3v) is 5.51. The molecule has 1 aromatic carbocycles. The van der Waals surface area contributed by atoms with Crippen molar-refractivity contribution in [3.8, 4) is 0 Å². The van der Waals surface area contributed by atoms with Crippen LogP contribution in [0.25, 0.3) is 11.0 Å². The van der Waals surface area contributed by atoms with E-state index in [9.17, 15) is 19.8 Å². The number of aromatic nitrogens is 3. The number of carbonyl (C=O) groups excluding carboxylic acids is 2. The number of amides is 1. The van der Waals surface area contributed by atoms with Crippen LogP contribution in [0.15, 0.2) is 36.5 Å². The SMILES string of the molecule is [2H]C1(n2cc(C(N)=O)c3c(N)nc(C)nc32)OC(COC(=O)[C@@H](N)Cc2ccccc2)C(O)C1O. The van der Waals surface area contributed by atoms with Crippen molar-refractivity contribution in [2.45, 2.75) is 43.9 Å². The number of fused-ring (bicyclic) bond motifs is 1. The Bertz CT molecular complexity index is 1270. The minimum Gasteiger partial charge on any atom is -0.462 e. The van der Waals surface area contributed by atoms with E-state index in [1.165, 1.54) is 0 Å². The lowest BCUT2D eigenvalue weighted by molar-refractivity contribution is -0.151. The van der Waals surface area contributed by atoms with Crippen molar-refractivity contribution in [3.05, 3.63) is 53.5 Å². The molecule has 3 aromatic rings. The van der Waals surface area contributed by atoms with E-state index in [1.54, 1.807) is 6.92 Å². The van der Waals surface area contributed by atoms with E-state index in [1.807, 2.05) is 30.3 Å². The van der Waals surface area contributed by atoms with Crippen LogP contribution >= 0.6 is 0 Å². The Morgan fingerprint density at radius 3 is 2.65 bits per heavy atom. The predicted octanol–water partition coefficient (Wildman–Crippen LogP) is -0.847. The number of rotatable bonds is 7. The fourth-order valence-corrected chi connectivity index (χ4v) is 3.82. The molecular formula is C22H26N6O6. The van der Waals surface area contributed by atoms with Crippen LogP contribution in [0.1, 0.15) is 29.3 Å². The average molecular weight is 471 g/mol. The van der Waals surface area contributed by atoms with Gasteiger partial charge >= 0.3 is 5.97 Å². The van der Waals surface area contributed by atoms with Gasteiger partial charge in [0.1, 0.15) is 48.3 Å². The van der Waals surface area contributed by atoms with Crippen molar-refractivity contribution in [2.24, 2.45) is 11.5 Å². The van der Waals surface area contributed by atoms with Crippen molar-refractivity contribution in [2.75, 3.05) is 12.3 Å². The smallest absolute Gasteiger partial charge is 0.323 e. The van der Waals surface area contributed by atoms with Gasteiger partial charge in [0.25, 0.3) is 5.91 Å². The average Bonchev–Trinajstić information content (AvgIpc) is 3.30. The number of nitrogens with zero attached hydrogens (tertiary/aromatic N) is 3. The zero-order chi connectivity index (χ0) is 25.5.